The van der Waals surface area contributed by atoms with E-state index in [2.05, 4.69) is 5.32 Å². The third-order valence-corrected chi connectivity index (χ3v) is 3.47. The van der Waals surface area contributed by atoms with Crippen LogP contribution in [0.2, 0.25) is 0 Å². The number of hydrogen-bond acceptors (Lipinski definition) is 3. The molecule has 3 N–H and O–H groups in total. The summed E-state index contributed by atoms with van der Waals surface area (Å²) in [7, 11) is 0. The van der Waals surface area contributed by atoms with Gasteiger partial charge < -0.3 is 16.0 Å². The minimum Gasteiger partial charge on any atom is -0.342 e. The van der Waals surface area contributed by atoms with Crippen LogP contribution >= 0.6 is 0 Å². The number of rotatable bonds is 3. The lowest BCUT2D eigenvalue weighted by atomic mass is 10.2. The van der Waals surface area contributed by atoms with E-state index in [0.717, 1.165) is 32.4 Å². The Morgan fingerprint density at radius 1 is 1.33 bits per heavy atom. The molecule has 2 rings (SSSR count). The van der Waals surface area contributed by atoms with Crippen LogP contribution in [0.5, 0.6) is 0 Å². The normalized spacial score (nSPS) is 31.1. The number of likely N-dealkylation sites (tertiary alicyclic amines) is 1. The molecule has 1 saturated carbocycles. The van der Waals surface area contributed by atoms with Gasteiger partial charge in [-0.1, -0.05) is 0 Å². The number of nitrogens with zero attached hydrogens (tertiary/aromatic N) is 1. The van der Waals surface area contributed by atoms with Crippen molar-refractivity contribution in [2.45, 2.75) is 44.2 Å². The predicted octanol–water partition coefficient (Wildman–Crippen LogP) is 0.0782. The van der Waals surface area contributed by atoms with Crippen molar-refractivity contribution in [2.75, 3.05) is 19.6 Å². The predicted molar refractivity (Wildman–Crippen MR) is 59.4 cm³/mol. The van der Waals surface area contributed by atoms with Crippen molar-refractivity contribution < 1.29 is 4.79 Å². The molecule has 1 heterocycles. The average molecular weight is 211 g/mol. The molecule has 1 aliphatic carbocycles. The summed E-state index contributed by atoms with van der Waals surface area (Å²) >= 11 is 0. The summed E-state index contributed by atoms with van der Waals surface area (Å²) in [4.78, 5) is 13.7. The lowest BCUT2D eigenvalue weighted by Gasteiger charge is -2.17. The topological polar surface area (TPSA) is 58.4 Å². The molecule has 0 spiro atoms. The first-order chi connectivity index (χ1) is 7.25. The Bertz CT molecular complexity index is 226. The van der Waals surface area contributed by atoms with Crippen molar-refractivity contribution in [2.24, 2.45) is 5.73 Å². The van der Waals surface area contributed by atoms with Gasteiger partial charge >= 0.3 is 0 Å². The van der Waals surface area contributed by atoms with Crippen LogP contribution < -0.4 is 11.1 Å². The zero-order valence-electron chi connectivity index (χ0n) is 9.24. The quantitative estimate of drug-likeness (QED) is 0.695. The van der Waals surface area contributed by atoms with E-state index in [0.29, 0.717) is 18.6 Å². The lowest BCUT2D eigenvalue weighted by Crippen LogP contribution is -2.40. The molecule has 1 amide bonds. The number of nitrogens with two attached hydrogens (primary N) is 1. The highest BCUT2D eigenvalue weighted by Gasteiger charge is 2.23. The van der Waals surface area contributed by atoms with E-state index in [-0.39, 0.29) is 5.91 Å². The second-order valence-corrected chi connectivity index (χ2v) is 4.74. The highest BCUT2D eigenvalue weighted by Crippen LogP contribution is 2.17. The Kier molecular flexibility index (Phi) is 3.59. The van der Waals surface area contributed by atoms with Gasteiger partial charge in [0.2, 0.25) is 5.91 Å². The van der Waals surface area contributed by atoms with E-state index in [1.807, 2.05) is 4.90 Å². The minimum absolute atomic E-state index is 0.257. The van der Waals surface area contributed by atoms with Crippen LogP contribution in [0.15, 0.2) is 0 Å². The Morgan fingerprint density at radius 2 is 2.07 bits per heavy atom. The van der Waals surface area contributed by atoms with E-state index in [9.17, 15) is 4.79 Å². The molecule has 1 saturated heterocycles. The van der Waals surface area contributed by atoms with E-state index in [1.165, 1.54) is 12.8 Å². The van der Waals surface area contributed by atoms with E-state index in [4.69, 9.17) is 5.73 Å². The van der Waals surface area contributed by atoms with Gasteiger partial charge in [0.25, 0.3) is 0 Å². The van der Waals surface area contributed by atoms with Crippen LogP contribution in [0.25, 0.3) is 0 Å². The molecule has 2 aliphatic rings. The molecule has 2 fully saturated rings. The van der Waals surface area contributed by atoms with Crippen LogP contribution in [0.4, 0.5) is 0 Å². The Hall–Kier alpha value is -0.610. The van der Waals surface area contributed by atoms with Crippen molar-refractivity contribution >= 4 is 5.91 Å². The maximum atomic E-state index is 11.7. The molecule has 2 atom stereocenters. The molecule has 0 aromatic carbocycles. The standard InChI is InChI=1S/C11H21N3O/c12-9-3-4-10(7-9)13-8-11(15)14-5-1-2-6-14/h9-10,13H,1-8,12H2. The van der Waals surface area contributed by atoms with Crippen molar-refractivity contribution in [1.29, 1.82) is 0 Å². The SMILES string of the molecule is NC1CCC(NCC(=O)N2CCCC2)C1. The van der Waals surface area contributed by atoms with Crippen LogP contribution in [0, 0.1) is 0 Å². The van der Waals surface area contributed by atoms with Crippen LogP contribution in [-0.4, -0.2) is 42.5 Å². The number of amides is 1. The van der Waals surface area contributed by atoms with Crippen molar-refractivity contribution in [3.63, 3.8) is 0 Å². The van der Waals surface area contributed by atoms with Gasteiger partial charge in [-0.2, -0.15) is 0 Å². The maximum absolute atomic E-state index is 11.7. The third kappa shape index (κ3) is 2.92. The van der Waals surface area contributed by atoms with E-state index >= 15 is 0 Å². The molecular weight excluding hydrogens is 190 g/mol. The average Bonchev–Trinajstić information content (AvgIpc) is 2.84. The van der Waals surface area contributed by atoms with Gasteiger partial charge in [0, 0.05) is 25.2 Å². The molecule has 0 bridgehead atoms. The molecular formula is C11H21N3O. The zero-order chi connectivity index (χ0) is 10.7. The second-order valence-electron chi connectivity index (χ2n) is 4.74. The fourth-order valence-electron chi connectivity index (χ4n) is 2.51. The molecule has 0 aromatic rings. The van der Waals surface area contributed by atoms with Gasteiger partial charge in [-0.25, -0.2) is 0 Å². The molecule has 15 heavy (non-hydrogen) atoms. The van der Waals surface area contributed by atoms with Gasteiger partial charge in [-0.15, -0.1) is 0 Å². The van der Waals surface area contributed by atoms with Gasteiger partial charge in [-0.05, 0) is 32.1 Å². The summed E-state index contributed by atoms with van der Waals surface area (Å²) in [5.41, 5.74) is 5.82. The molecule has 1 aliphatic heterocycles. The number of carbonyl (C=O) groups excluding carboxylic acids is 1. The van der Waals surface area contributed by atoms with Gasteiger partial charge in [-0.3, -0.25) is 4.79 Å². The van der Waals surface area contributed by atoms with Gasteiger partial charge in [0.05, 0.1) is 6.54 Å². The number of hydrogen-bond donors (Lipinski definition) is 2. The van der Waals surface area contributed by atoms with E-state index in [1.54, 1.807) is 0 Å². The van der Waals surface area contributed by atoms with Crippen LogP contribution in [-0.2, 0) is 4.79 Å². The summed E-state index contributed by atoms with van der Waals surface area (Å²) in [6.45, 7) is 2.40. The van der Waals surface area contributed by atoms with Gasteiger partial charge in [0.1, 0.15) is 0 Å². The van der Waals surface area contributed by atoms with Gasteiger partial charge in [0.15, 0.2) is 0 Å². The van der Waals surface area contributed by atoms with Crippen molar-refractivity contribution in [1.82, 2.24) is 10.2 Å². The smallest absolute Gasteiger partial charge is 0.236 e. The molecule has 0 aromatic heterocycles. The summed E-state index contributed by atoms with van der Waals surface area (Å²) < 4.78 is 0. The first-order valence-electron chi connectivity index (χ1n) is 6.02. The highest BCUT2D eigenvalue weighted by molar-refractivity contribution is 5.78. The van der Waals surface area contributed by atoms with Crippen LogP contribution in [0.1, 0.15) is 32.1 Å². The van der Waals surface area contributed by atoms with Crippen LogP contribution in [0.3, 0.4) is 0 Å². The summed E-state index contributed by atoms with van der Waals surface area (Å²) in [5.74, 6) is 0.257. The molecule has 4 nitrogen and oxygen atoms in total. The first kappa shape index (κ1) is 10.9. The molecule has 4 heteroatoms. The molecule has 2 unspecified atom stereocenters. The second kappa shape index (κ2) is 4.94. The number of carbonyl (C=O) groups is 1. The fraction of sp³-hybridized carbons (Fsp3) is 0.909. The Morgan fingerprint density at radius 3 is 2.67 bits per heavy atom. The summed E-state index contributed by atoms with van der Waals surface area (Å²) in [6.07, 6.45) is 5.57. The van der Waals surface area contributed by atoms with E-state index < -0.39 is 0 Å². The summed E-state index contributed by atoms with van der Waals surface area (Å²) in [5, 5.41) is 3.32. The molecule has 86 valence electrons. The van der Waals surface area contributed by atoms with Crippen molar-refractivity contribution in [3.05, 3.63) is 0 Å². The monoisotopic (exact) mass is 211 g/mol. The molecule has 0 radical (unpaired) electrons. The largest absolute Gasteiger partial charge is 0.342 e. The third-order valence-electron chi connectivity index (χ3n) is 3.47. The Labute approximate surface area is 91.2 Å². The maximum Gasteiger partial charge on any atom is 0.236 e. The first-order valence-corrected chi connectivity index (χ1v) is 6.02. The minimum atomic E-state index is 0.257. The Balaban J connectivity index is 1.66. The zero-order valence-corrected chi connectivity index (χ0v) is 9.24. The van der Waals surface area contributed by atoms with Crippen molar-refractivity contribution in [3.8, 4) is 0 Å². The fourth-order valence-corrected chi connectivity index (χ4v) is 2.51. The summed E-state index contributed by atoms with van der Waals surface area (Å²) in [6, 6.07) is 0.802. The number of nitrogens with one attached hydrogen (secondary N) is 1. The lowest BCUT2D eigenvalue weighted by molar-refractivity contribution is -0.129. The highest BCUT2D eigenvalue weighted by atomic mass is 16.2.